The number of nitrogens with two attached hydrogens (primary N) is 1. The Morgan fingerprint density at radius 2 is 1.92 bits per heavy atom. The van der Waals surface area contributed by atoms with Crippen molar-refractivity contribution in [2.45, 2.75) is 0 Å². The summed E-state index contributed by atoms with van der Waals surface area (Å²) < 4.78 is 1.17. The molecule has 0 atom stereocenters. The van der Waals surface area contributed by atoms with Crippen molar-refractivity contribution in [1.82, 2.24) is 15.2 Å². The predicted octanol–water partition coefficient (Wildman–Crippen LogP) is 3.88. The lowest BCUT2D eigenvalue weighted by Gasteiger charge is -2.04. The third-order valence-electron chi connectivity index (χ3n) is 3.59. The quantitative estimate of drug-likeness (QED) is 0.528. The van der Waals surface area contributed by atoms with Crippen LogP contribution in [0.1, 0.15) is 5.56 Å². The van der Waals surface area contributed by atoms with E-state index in [0.29, 0.717) is 11.4 Å². The molecule has 6 nitrogen and oxygen atoms in total. The van der Waals surface area contributed by atoms with E-state index in [2.05, 4.69) is 26.6 Å². The molecule has 0 saturated carbocycles. The number of nitrogen functional groups attached to an aromatic ring is 1. The number of thiazole rings is 1. The topological polar surface area (TPSA) is 103 Å². The van der Waals surface area contributed by atoms with Gasteiger partial charge in [0.05, 0.1) is 10.2 Å². The number of para-hydroxylation sites is 1. The van der Waals surface area contributed by atoms with Gasteiger partial charge >= 0.3 is 0 Å². The summed E-state index contributed by atoms with van der Waals surface area (Å²) in [6, 6.07) is 17.9. The van der Waals surface area contributed by atoms with Crippen molar-refractivity contribution < 1.29 is 0 Å². The van der Waals surface area contributed by atoms with E-state index >= 15 is 0 Å². The molecule has 0 spiro atoms. The first-order chi connectivity index (χ1) is 11.7. The van der Waals surface area contributed by atoms with Gasteiger partial charge in [0.2, 0.25) is 0 Å². The Morgan fingerprint density at radius 3 is 2.67 bits per heavy atom. The molecule has 7 heteroatoms. The molecule has 0 bridgehead atoms. The number of nitrogens with one attached hydrogen (secondary N) is 2. The second-order valence-electron chi connectivity index (χ2n) is 5.16. The van der Waals surface area contributed by atoms with E-state index in [9.17, 15) is 0 Å². The zero-order chi connectivity index (χ0) is 16.5. The van der Waals surface area contributed by atoms with Crippen molar-refractivity contribution in [1.29, 1.82) is 5.26 Å². The molecule has 4 aromatic rings. The summed E-state index contributed by atoms with van der Waals surface area (Å²) in [5.41, 5.74) is 8.84. The summed E-state index contributed by atoms with van der Waals surface area (Å²) in [7, 11) is 0. The van der Waals surface area contributed by atoms with E-state index in [1.807, 2.05) is 48.5 Å². The van der Waals surface area contributed by atoms with E-state index in [4.69, 9.17) is 11.0 Å². The number of nitriles is 1. The summed E-state index contributed by atoms with van der Waals surface area (Å²) in [5.74, 6) is 0.675. The Hall–Kier alpha value is -3.37. The molecule has 2 aromatic heterocycles. The molecule has 4 rings (SSSR count). The fourth-order valence-corrected chi connectivity index (χ4v) is 3.36. The summed E-state index contributed by atoms with van der Waals surface area (Å²) in [6.45, 7) is 0. The van der Waals surface area contributed by atoms with Crippen LogP contribution >= 0.6 is 11.3 Å². The summed E-state index contributed by atoms with van der Waals surface area (Å²) in [5, 5.41) is 19.7. The molecule has 4 N–H and O–H groups in total. The van der Waals surface area contributed by atoms with E-state index in [0.717, 1.165) is 21.8 Å². The van der Waals surface area contributed by atoms with E-state index in [1.54, 1.807) is 11.3 Å². The molecule has 0 radical (unpaired) electrons. The van der Waals surface area contributed by atoms with Crippen LogP contribution in [0, 0.1) is 11.3 Å². The molecule has 116 valence electrons. The van der Waals surface area contributed by atoms with Crippen molar-refractivity contribution in [3.05, 3.63) is 54.1 Å². The highest BCUT2D eigenvalue weighted by Crippen LogP contribution is 2.31. The van der Waals surface area contributed by atoms with Crippen LogP contribution in [0.3, 0.4) is 0 Å². The number of rotatable bonds is 3. The first-order valence-electron chi connectivity index (χ1n) is 7.21. The number of benzene rings is 2. The first-order valence-corrected chi connectivity index (χ1v) is 8.03. The van der Waals surface area contributed by atoms with Gasteiger partial charge in [0, 0.05) is 11.3 Å². The van der Waals surface area contributed by atoms with Crippen LogP contribution in [0.4, 0.5) is 17.3 Å². The van der Waals surface area contributed by atoms with Crippen molar-refractivity contribution >= 4 is 38.9 Å². The van der Waals surface area contributed by atoms with Gasteiger partial charge in [0.1, 0.15) is 22.5 Å². The zero-order valence-electron chi connectivity index (χ0n) is 12.4. The van der Waals surface area contributed by atoms with Gasteiger partial charge in [-0.2, -0.15) is 10.4 Å². The van der Waals surface area contributed by atoms with Crippen LogP contribution in [-0.2, 0) is 0 Å². The van der Waals surface area contributed by atoms with E-state index in [-0.39, 0.29) is 5.82 Å². The number of hydrogen-bond donors (Lipinski definition) is 3. The maximum atomic E-state index is 9.09. The highest BCUT2D eigenvalue weighted by molar-refractivity contribution is 7.21. The molecule has 0 aliphatic rings. The standard InChI is InChI=1S/C17H12N6S/c18-9-12-15(19)22-23-16(12)20-11-7-5-10(6-8-11)17-21-13-3-1-2-4-14(13)24-17/h1-8H,(H4,19,20,22,23). The van der Waals surface area contributed by atoms with Crippen molar-refractivity contribution in [3.63, 3.8) is 0 Å². The molecule has 24 heavy (non-hydrogen) atoms. The number of H-pyrrole nitrogens is 1. The van der Waals surface area contributed by atoms with Crippen molar-refractivity contribution in [2.75, 3.05) is 11.1 Å². The zero-order valence-corrected chi connectivity index (χ0v) is 13.3. The van der Waals surface area contributed by atoms with Gasteiger partial charge < -0.3 is 11.1 Å². The fourth-order valence-electron chi connectivity index (χ4n) is 2.39. The van der Waals surface area contributed by atoms with E-state index < -0.39 is 0 Å². The monoisotopic (exact) mass is 332 g/mol. The average molecular weight is 332 g/mol. The molecule has 2 aromatic carbocycles. The average Bonchev–Trinajstić information content (AvgIpc) is 3.19. The second kappa shape index (κ2) is 5.68. The maximum Gasteiger partial charge on any atom is 0.172 e. The molecule has 0 amide bonds. The first kappa shape index (κ1) is 14.2. The molecule has 0 unspecified atom stereocenters. The number of aromatic amines is 1. The van der Waals surface area contributed by atoms with Crippen LogP contribution < -0.4 is 11.1 Å². The van der Waals surface area contributed by atoms with Crippen molar-refractivity contribution in [3.8, 4) is 16.6 Å². The lowest BCUT2D eigenvalue weighted by molar-refractivity contribution is 1.10. The Balaban J connectivity index is 1.61. The minimum atomic E-state index is 0.256. The summed E-state index contributed by atoms with van der Waals surface area (Å²) in [6.07, 6.45) is 0. The van der Waals surface area contributed by atoms with Gasteiger partial charge in [0.15, 0.2) is 5.82 Å². The van der Waals surface area contributed by atoms with Gasteiger partial charge in [0.25, 0.3) is 0 Å². The Labute approximate surface area is 141 Å². The van der Waals surface area contributed by atoms with Crippen LogP contribution in [0.5, 0.6) is 0 Å². The third kappa shape index (κ3) is 2.45. The van der Waals surface area contributed by atoms with Crippen LogP contribution in [0.25, 0.3) is 20.8 Å². The summed E-state index contributed by atoms with van der Waals surface area (Å²) in [4.78, 5) is 4.65. The number of anilines is 3. The molecule has 0 aliphatic heterocycles. The molecule has 0 saturated heterocycles. The highest BCUT2D eigenvalue weighted by atomic mass is 32.1. The van der Waals surface area contributed by atoms with Gasteiger partial charge in [-0.1, -0.05) is 12.1 Å². The van der Waals surface area contributed by atoms with E-state index in [1.165, 1.54) is 4.70 Å². The number of fused-ring (bicyclic) bond motifs is 1. The third-order valence-corrected chi connectivity index (χ3v) is 4.68. The highest BCUT2D eigenvalue weighted by Gasteiger charge is 2.11. The smallest absolute Gasteiger partial charge is 0.172 e. The second-order valence-corrected chi connectivity index (χ2v) is 6.19. The minimum Gasteiger partial charge on any atom is -0.383 e. The molecular weight excluding hydrogens is 320 g/mol. The van der Waals surface area contributed by atoms with Gasteiger partial charge in [-0.05, 0) is 36.4 Å². The largest absolute Gasteiger partial charge is 0.383 e. The minimum absolute atomic E-state index is 0.256. The van der Waals surface area contributed by atoms with Gasteiger partial charge in [-0.3, -0.25) is 5.10 Å². The fraction of sp³-hybridized carbons (Fsp3) is 0. The number of hydrogen-bond acceptors (Lipinski definition) is 6. The normalized spacial score (nSPS) is 10.6. The lowest BCUT2D eigenvalue weighted by atomic mass is 10.2. The van der Waals surface area contributed by atoms with Crippen LogP contribution in [0.2, 0.25) is 0 Å². The molecular formula is C17H12N6S. The Morgan fingerprint density at radius 1 is 1.12 bits per heavy atom. The van der Waals surface area contributed by atoms with Gasteiger partial charge in [-0.15, -0.1) is 11.3 Å². The lowest BCUT2D eigenvalue weighted by Crippen LogP contribution is -1.93. The Kier molecular flexibility index (Phi) is 3.37. The maximum absolute atomic E-state index is 9.09. The predicted molar refractivity (Wildman–Crippen MR) is 96.1 cm³/mol. The number of nitrogens with zero attached hydrogens (tertiary/aromatic N) is 3. The molecule has 0 fully saturated rings. The molecule has 0 aliphatic carbocycles. The Bertz CT molecular complexity index is 1020. The number of aromatic nitrogens is 3. The van der Waals surface area contributed by atoms with Crippen LogP contribution in [0.15, 0.2) is 48.5 Å². The summed E-state index contributed by atoms with van der Waals surface area (Å²) >= 11 is 1.66. The molecule has 2 heterocycles. The van der Waals surface area contributed by atoms with Gasteiger partial charge in [-0.25, -0.2) is 4.98 Å². The van der Waals surface area contributed by atoms with Crippen molar-refractivity contribution in [2.24, 2.45) is 0 Å². The van der Waals surface area contributed by atoms with Crippen LogP contribution in [-0.4, -0.2) is 15.2 Å². The SMILES string of the molecule is N#Cc1c(Nc2ccc(-c3nc4ccccc4s3)cc2)n[nH]c1N.